The van der Waals surface area contributed by atoms with E-state index in [-0.39, 0.29) is 0 Å². The highest BCUT2D eigenvalue weighted by Gasteiger charge is 2.42. The van der Waals surface area contributed by atoms with E-state index in [1.807, 2.05) is 25.1 Å². The molecule has 0 atom stereocenters. The van der Waals surface area contributed by atoms with Crippen LogP contribution in [0.5, 0.6) is 11.5 Å². The van der Waals surface area contributed by atoms with Crippen LogP contribution in [0.1, 0.15) is 47.2 Å². The number of carboxylic acids is 1. The van der Waals surface area contributed by atoms with Crippen LogP contribution < -0.4 is 14.8 Å². The highest BCUT2D eigenvalue weighted by Crippen LogP contribution is 2.32. The molecule has 0 aromatic heterocycles. The molecule has 2 aromatic carbocycles. The second kappa shape index (κ2) is 8.99. The number of carbonyl (C=O) groups is 2. The molecule has 0 heterocycles. The number of benzene rings is 2. The average Bonchev–Trinajstić information content (AvgIpc) is 3.18. The van der Waals surface area contributed by atoms with Crippen LogP contribution in [0.25, 0.3) is 0 Å². The fourth-order valence-electron chi connectivity index (χ4n) is 3.74. The van der Waals surface area contributed by atoms with Crippen molar-refractivity contribution < 1.29 is 24.2 Å². The van der Waals surface area contributed by atoms with E-state index in [2.05, 4.69) is 11.4 Å². The van der Waals surface area contributed by atoms with Crippen molar-refractivity contribution >= 4 is 11.9 Å². The van der Waals surface area contributed by atoms with Gasteiger partial charge in [-0.05, 0) is 43.5 Å². The largest absolute Gasteiger partial charge is 0.493 e. The van der Waals surface area contributed by atoms with Gasteiger partial charge < -0.3 is 19.9 Å². The van der Waals surface area contributed by atoms with Gasteiger partial charge in [-0.2, -0.15) is 0 Å². The summed E-state index contributed by atoms with van der Waals surface area (Å²) in [5, 5.41) is 12.3. The summed E-state index contributed by atoms with van der Waals surface area (Å²) in [6, 6.07) is 13.1. The minimum absolute atomic E-state index is 0.351. The zero-order chi connectivity index (χ0) is 20.9. The molecule has 2 aromatic rings. The number of hydrogen-bond donors (Lipinski definition) is 2. The molecular weight excluding hydrogens is 370 g/mol. The Morgan fingerprint density at radius 3 is 2.52 bits per heavy atom. The van der Waals surface area contributed by atoms with Gasteiger partial charge in [0.1, 0.15) is 5.54 Å². The lowest BCUT2D eigenvalue weighted by Gasteiger charge is -2.25. The van der Waals surface area contributed by atoms with Gasteiger partial charge in [-0.25, -0.2) is 4.79 Å². The van der Waals surface area contributed by atoms with E-state index >= 15 is 0 Å². The summed E-state index contributed by atoms with van der Waals surface area (Å²) in [4.78, 5) is 24.4. The van der Waals surface area contributed by atoms with Crippen molar-refractivity contribution in [3.63, 3.8) is 0 Å². The first-order valence-corrected chi connectivity index (χ1v) is 9.86. The van der Waals surface area contributed by atoms with E-state index in [0.717, 1.165) is 19.3 Å². The second-order valence-corrected chi connectivity index (χ2v) is 7.50. The first kappa shape index (κ1) is 20.7. The first-order valence-electron chi connectivity index (χ1n) is 9.86. The van der Waals surface area contributed by atoms with Gasteiger partial charge in [-0.3, -0.25) is 4.79 Å². The molecule has 1 aliphatic rings. The van der Waals surface area contributed by atoms with Crippen LogP contribution in [0.4, 0.5) is 0 Å². The zero-order valence-corrected chi connectivity index (χ0v) is 16.9. The average molecular weight is 397 g/mol. The van der Waals surface area contributed by atoms with Crippen LogP contribution in [-0.2, 0) is 11.2 Å². The van der Waals surface area contributed by atoms with Crippen molar-refractivity contribution in [2.75, 3.05) is 13.7 Å². The third kappa shape index (κ3) is 4.88. The number of ether oxygens (including phenoxy) is 2. The molecule has 0 bridgehead atoms. The summed E-state index contributed by atoms with van der Waals surface area (Å²) in [5.41, 5.74) is 1.54. The second-order valence-electron chi connectivity index (χ2n) is 7.50. The molecule has 154 valence electrons. The van der Waals surface area contributed by atoms with Crippen LogP contribution in [0.15, 0.2) is 42.5 Å². The summed E-state index contributed by atoms with van der Waals surface area (Å²) in [5.74, 6) is -0.407. The van der Waals surface area contributed by atoms with E-state index in [0.29, 0.717) is 36.5 Å². The van der Waals surface area contributed by atoms with Crippen LogP contribution >= 0.6 is 0 Å². The third-order valence-corrected chi connectivity index (χ3v) is 5.38. The zero-order valence-electron chi connectivity index (χ0n) is 16.9. The van der Waals surface area contributed by atoms with Gasteiger partial charge in [-0.1, -0.05) is 42.7 Å². The Labute approximate surface area is 170 Å². The molecular formula is C23H27NO5. The minimum atomic E-state index is -1.18. The maximum absolute atomic E-state index is 12.7. The van der Waals surface area contributed by atoms with E-state index in [1.54, 1.807) is 25.3 Å². The lowest BCUT2D eigenvalue weighted by atomic mass is 9.97. The molecule has 6 heteroatoms. The first-order chi connectivity index (χ1) is 13.9. The van der Waals surface area contributed by atoms with Gasteiger partial charge in [0.15, 0.2) is 11.5 Å². The fraction of sp³-hybridized carbons (Fsp3) is 0.391. The predicted octanol–water partition coefficient (Wildman–Crippen LogP) is 3.75. The topological polar surface area (TPSA) is 84.9 Å². The number of amides is 1. The standard InChI is InChI=1S/C23H27NO5/c1-16-6-5-7-17(14-16)10-13-29-20-15-18(8-9-19(20)28-2)21(25)24-23(22(26)27)11-3-4-12-23/h5-9,14-15H,3-4,10-13H2,1-2H3,(H,24,25)(H,26,27). The molecule has 29 heavy (non-hydrogen) atoms. The molecule has 6 nitrogen and oxygen atoms in total. The quantitative estimate of drug-likeness (QED) is 0.709. The molecule has 3 rings (SSSR count). The van der Waals surface area contributed by atoms with Crippen LogP contribution in [-0.4, -0.2) is 36.2 Å². The highest BCUT2D eigenvalue weighted by molar-refractivity contribution is 5.98. The van der Waals surface area contributed by atoms with Crippen LogP contribution in [0, 0.1) is 6.92 Å². The molecule has 0 saturated heterocycles. The Morgan fingerprint density at radius 2 is 1.86 bits per heavy atom. The Hall–Kier alpha value is -3.02. The molecule has 0 aliphatic heterocycles. The van der Waals surface area contributed by atoms with Crippen molar-refractivity contribution in [2.24, 2.45) is 0 Å². The van der Waals surface area contributed by atoms with Gasteiger partial charge >= 0.3 is 5.97 Å². The maximum Gasteiger partial charge on any atom is 0.329 e. The van der Waals surface area contributed by atoms with Crippen molar-refractivity contribution in [1.29, 1.82) is 0 Å². The molecule has 0 radical (unpaired) electrons. The van der Waals surface area contributed by atoms with Gasteiger partial charge in [0.05, 0.1) is 13.7 Å². The van der Waals surface area contributed by atoms with Crippen molar-refractivity contribution in [3.05, 3.63) is 59.2 Å². The fourth-order valence-corrected chi connectivity index (χ4v) is 3.74. The van der Waals surface area contributed by atoms with E-state index < -0.39 is 17.4 Å². The number of rotatable bonds is 8. The number of carbonyl (C=O) groups excluding carboxylic acids is 1. The van der Waals surface area contributed by atoms with Gasteiger partial charge in [-0.15, -0.1) is 0 Å². The van der Waals surface area contributed by atoms with Gasteiger partial charge in [0.2, 0.25) is 0 Å². The van der Waals surface area contributed by atoms with Crippen molar-refractivity contribution in [1.82, 2.24) is 5.32 Å². The molecule has 1 amide bonds. The number of hydrogen-bond acceptors (Lipinski definition) is 4. The van der Waals surface area contributed by atoms with Crippen molar-refractivity contribution in [2.45, 2.75) is 44.6 Å². The van der Waals surface area contributed by atoms with Crippen molar-refractivity contribution in [3.8, 4) is 11.5 Å². The van der Waals surface area contributed by atoms with E-state index in [1.165, 1.54) is 11.1 Å². The molecule has 1 fully saturated rings. The molecule has 0 unspecified atom stereocenters. The summed E-state index contributed by atoms with van der Waals surface area (Å²) in [7, 11) is 1.54. The number of nitrogens with one attached hydrogen (secondary N) is 1. The third-order valence-electron chi connectivity index (χ3n) is 5.38. The summed E-state index contributed by atoms with van der Waals surface area (Å²) in [6.45, 7) is 2.48. The Bertz CT molecular complexity index is 887. The monoisotopic (exact) mass is 397 g/mol. The molecule has 1 aliphatic carbocycles. The lowest BCUT2D eigenvalue weighted by molar-refractivity contribution is -0.144. The minimum Gasteiger partial charge on any atom is -0.493 e. The smallest absolute Gasteiger partial charge is 0.329 e. The predicted molar refractivity (Wildman–Crippen MR) is 110 cm³/mol. The van der Waals surface area contributed by atoms with Crippen LogP contribution in [0.3, 0.4) is 0 Å². The molecule has 0 spiro atoms. The van der Waals surface area contributed by atoms with E-state index in [4.69, 9.17) is 9.47 Å². The molecule has 2 N–H and O–H groups in total. The highest BCUT2D eigenvalue weighted by atomic mass is 16.5. The normalized spacial score (nSPS) is 15.0. The SMILES string of the molecule is COc1ccc(C(=O)NC2(C(=O)O)CCCC2)cc1OCCc1cccc(C)c1. The van der Waals surface area contributed by atoms with E-state index in [9.17, 15) is 14.7 Å². The van der Waals surface area contributed by atoms with Gasteiger partial charge in [0.25, 0.3) is 5.91 Å². The summed E-state index contributed by atoms with van der Waals surface area (Å²) >= 11 is 0. The molecule has 1 saturated carbocycles. The number of carboxylic acid groups (broad SMARTS) is 1. The number of aliphatic carboxylic acids is 1. The Kier molecular flexibility index (Phi) is 6.42. The van der Waals surface area contributed by atoms with Crippen LogP contribution in [0.2, 0.25) is 0 Å². The summed E-state index contributed by atoms with van der Waals surface area (Å²) in [6.07, 6.45) is 3.21. The lowest BCUT2D eigenvalue weighted by Crippen LogP contribution is -2.52. The maximum atomic E-state index is 12.7. The summed E-state index contributed by atoms with van der Waals surface area (Å²) < 4.78 is 11.2. The number of methoxy groups -OCH3 is 1. The van der Waals surface area contributed by atoms with Gasteiger partial charge in [0, 0.05) is 12.0 Å². The number of aryl methyl sites for hydroxylation is 1. The Morgan fingerprint density at radius 1 is 1.10 bits per heavy atom. The Balaban J connectivity index is 1.70.